The summed E-state index contributed by atoms with van der Waals surface area (Å²) in [7, 11) is -3.20. The van der Waals surface area contributed by atoms with E-state index < -0.39 is 15.9 Å². The van der Waals surface area contributed by atoms with Gasteiger partial charge in [0.1, 0.15) is 0 Å². The van der Waals surface area contributed by atoms with Crippen LogP contribution < -0.4 is 0 Å². The molecule has 0 aromatic heterocycles. The van der Waals surface area contributed by atoms with Crippen molar-refractivity contribution < 1.29 is 13.5 Å². The zero-order valence-electron chi connectivity index (χ0n) is 9.84. The molecule has 1 rings (SSSR count). The van der Waals surface area contributed by atoms with Gasteiger partial charge in [0.15, 0.2) is 9.84 Å². The van der Waals surface area contributed by atoms with Gasteiger partial charge in [0.25, 0.3) is 0 Å². The van der Waals surface area contributed by atoms with Gasteiger partial charge in [0.05, 0.1) is 11.0 Å². The van der Waals surface area contributed by atoms with Crippen LogP contribution in [0.15, 0.2) is 29.2 Å². The van der Waals surface area contributed by atoms with E-state index in [2.05, 4.69) is 0 Å². The third-order valence-electron chi connectivity index (χ3n) is 2.81. The van der Waals surface area contributed by atoms with Gasteiger partial charge in [-0.3, -0.25) is 0 Å². The average molecular weight is 242 g/mol. The Hall–Kier alpha value is -0.870. The molecule has 0 bridgehead atoms. The van der Waals surface area contributed by atoms with Crippen molar-refractivity contribution in [1.29, 1.82) is 0 Å². The second-order valence-electron chi connectivity index (χ2n) is 4.18. The number of benzene rings is 1. The van der Waals surface area contributed by atoms with E-state index in [9.17, 15) is 13.5 Å². The van der Waals surface area contributed by atoms with E-state index >= 15 is 0 Å². The van der Waals surface area contributed by atoms with Crippen LogP contribution in [0.3, 0.4) is 0 Å². The smallest absolute Gasteiger partial charge is 0.175 e. The molecule has 0 saturated carbocycles. The maximum absolute atomic E-state index is 11.4. The Kier molecular flexibility index (Phi) is 4.10. The first kappa shape index (κ1) is 13.2. The minimum Gasteiger partial charge on any atom is -0.388 e. The minimum atomic E-state index is -3.20. The summed E-state index contributed by atoms with van der Waals surface area (Å²) < 4.78 is 22.7. The number of rotatable bonds is 4. The molecule has 0 amide bonds. The van der Waals surface area contributed by atoms with Gasteiger partial charge in [-0.15, -0.1) is 0 Å². The Balaban J connectivity index is 3.08. The molecule has 2 unspecified atom stereocenters. The summed E-state index contributed by atoms with van der Waals surface area (Å²) in [6.45, 7) is 3.94. The fraction of sp³-hybridized carbons (Fsp3) is 0.500. The van der Waals surface area contributed by atoms with Gasteiger partial charge in [-0.25, -0.2) is 8.42 Å². The predicted molar refractivity (Wildman–Crippen MR) is 64.0 cm³/mol. The quantitative estimate of drug-likeness (QED) is 0.880. The van der Waals surface area contributed by atoms with Gasteiger partial charge in [-0.05, 0) is 23.6 Å². The van der Waals surface area contributed by atoms with Gasteiger partial charge in [0.2, 0.25) is 0 Å². The molecule has 0 aliphatic heterocycles. The average Bonchev–Trinajstić information content (AvgIpc) is 2.26. The molecule has 1 aromatic carbocycles. The number of aliphatic hydroxyl groups excluding tert-OH is 1. The zero-order valence-corrected chi connectivity index (χ0v) is 10.7. The normalized spacial score (nSPS) is 15.8. The van der Waals surface area contributed by atoms with Crippen LogP contribution in [0.25, 0.3) is 0 Å². The first-order chi connectivity index (χ1) is 7.36. The highest BCUT2D eigenvalue weighted by Gasteiger charge is 2.16. The Morgan fingerprint density at radius 3 is 2.50 bits per heavy atom. The molecule has 0 fully saturated rings. The van der Waals surface area contributed by atoms with Crippen molar-refractivity contribution in [2.75, 3.05) is 6.26 Å². The van der Waals surface area contributed by atoms with Crippen LogP contribution in [0.5, 0.6) is 0 Å². The summed E-state index contributed by atoms with van der Waals surface area (Å²) >= 11 is 0. The topological polar surface area (TPSA) is 54.4 Å². The Morgan fingerprint density at radius 1 is 1.38 bits per heavy atom. The van der Waals surface area contributed by atoms with E-state index in [1.54, 1.807) is 24.3 Å². The first-order valence-electron chi connectivity index (χ1n) is 5.34. The second kappa shape index (κ2) is 4.97. The van der Waals surface area contributed by atoms with Gasteiger partial charge >= 0.3 is 0 Å². The van der Waals surface area contributed by atoms with Crippen LogP contribution in [-0.2, 0) is 9.84 Å². The highest BCUT2D eigenvalue weighted by molar-refractivity contribution is 7.90. The molecule has 0 saturated heterocycles. The van der Waals surface area contributed by atoms with Crippen LogP contribution in [0.2, 0.25) is 0 Å². The molecule has 1 N–H and O–H groups in total. The summed E-state index contributed by atoms with van der Waals surface area (Å²) in [5, 5.41) is 9.98. The molecule has 2 atom stereocenters. The molecule has 3 nitrogen and oxygen atoms in total. The Labute approximate surface area is 97.0 Å². The molecule has 1 aromatic rings. The van der Waals surface area contributed by atoms with Gasteiger partial charge in [-0.1, -0.05) is 32.4 Å². The van der Waals surface area contributed by atoms with Crippen LogP contribution in [0.4, 0.5) is 0 Å². The van der Waals surface area contributed by atoms with Crippen molar-refractivity contribution in [3.8, 4) is 0 Å². The van der Waals surface area contributed by atoms with E-state index in [0.29, 0.717) is 5.56 Å². The van der Waals surface area contributed by atoms with Crippen molar-refractivity contribution >= 4 is 9.84 Å². The lowest BCUT2D eigenvalue weighted by molar-refractivity contribution is 0.115. The summed E-state index contributed by atoms with van der Waals surface area (Å²) in [4.78, 5) is 0.257. The second-order valence-corrected chi connectivity index (χ2v) is 6.19. The number of hydrogen-bond acceptors (Lipinski definition) is 3. The van der Waals surface area contributed by atoms with Crippen molar-refractivity contribution in [2.24, 2.45) is 5.92 Å². The molecule has 4 heteroatoms. The summed E-state index contributed by atoms with van der Waals surface area (Å²) in [5.41, 5.74) is 0.664. The lowest BCUT2D eigenvalue weighted by Gasteiger charge is -2.17. The minimum absolute atomic E-state index is 0.120. The fourth-order valence-electron chi connectivity index (χ4n) is 1.48. The predicted octanol–water partition coefficient (Wildman–Crippen LogP) is 2.17. The van der Waals surface area contributed by atoms with Crippen molar-refractivity contribution in [2.45, 2.75) is 31.3 Å². The first-order valence-corrected chi connectivity index (χ1v) is 7.23. The van der Waals surface area contributed by atoms with E-state index in [4.69, 9.17) is 0 Å². The van der Waals surface area contributed by atoms with Gasteiger partial charge in [-0.2, -0.15) is 0 Å². The van der Waals surface area contributed by atoms with E-state index in [1.165, 1.54) is 6.26 Å². The SMILES string of the molecule is CCC(C)C(O)c1cccc(S(C)(=O)=O)c1. The summed E-state index contributed by atoms with van der Waals surface area (Å²) in [6.07, 6.45) is 1.41. The van der Waals surface area contributed by atoms with Crippen LogP contribution in [0.1, 0.15) is 31.9 Å². The molecule has 0 heterocycles. The molecule has 0 spiro atoms. The highest BCUT2D eigenvalue weighted by Crippen LogP contribution is 2.25. The van der Waals surface area contributed by atoms with Gasteiger partial charge in [0, 0.05) is 6.26 Å². The molecular formula is C12H18O3S. The van der Waals surface area contributed by atoms with Gasteiger partial charge < -0.3 is 5.11 Å². The van der Waals surface area contributed by atoms with Crippen molar-refractivity contribution in [3.05, 3.63) is 29.8 Å². The molecule has 16 heavy (non-hydrogen) atoms. The fourth-order valence-corrected chi connectivity index (χ4v) is 2.16. The molecule has 0 aliphatic rings. The largest absolute Gasteiger partial charge is 0.388 e. The summed E-state index contributed by atoms with van der Waals surface area (Å²) in [6, 6.07) is 6.51. The lowest BCUT2D eigenvalue weighted by atomic mass is 9.95. The van der Waals surface area contributed by atoms with E-state index in [1.807, 2.05) is 13.8 Å². The molecular weight excluding hydrogens is 224 g/mol. The van der Waals surface area contributed by atoms with E-state index in [-0.39, 0.29) is 10.8 Å². The number of aliphatic hydroxyl groups is 1. The Morgan fingerprint density at radius 2 is 2.00 bits per heavy atom. The third-order valence-corrected chi connectivity index (χ3v) is 3.92. The third kappa shape index (κ3) is 3.06. The van der Waals surface area contributed by atoms with E-state index in [0.717, 1.165) is 6.42 Å². The maximum Gasteiger partial charge on any atom is 0.175 e. The molecule has 90 valence electrons. The lowest BCUT2D eigenvalue weighted by Crippen LogP contribution is -2.09. The van der Waals surface area contributed by atoms with Crippen LogP contribution >= 0.6 is 0 Å². The number of sulfone groups is 1. The highest BCUT2D eigenvalue weighted by atomic mass is 32.2. The molecule has 0 aliphatic carbocycles. The Bertz CT molecular complexity index is 451. The molecule has 0 radical (unpaired) electrons. The monoisotopic (exact) mass is 242 g/mol. The van der Waals surface area contributed by atoms with Crippen molar-refractivity contribution in [1.82, 2.24) is 0 Å². The van der Waals surface area contributed by atoms with Crippen molar-refractivity contribution in [3.63, 3.8) is 0 Å². The van der Waals surface area contributed by atoms with Crippen LogP contribution in [0, 0.1) is 5.92 Å². The van der Waals surface area contributed by atoms with Crippen LogP contribution in [-0.4, -0.2) is 19.8 Å². The summed E-state index contributed by atoms with van der Waals surface area (Å²) in [5.74, 6) is 0.120. The zero-order chi connectivity index (χ0) is 12.3. The standard InChI is InChI=1S/C12H18O3S/c1-4-9(2)12(13)10-6-5-7-11(8-10)16(3,14)15/h5-9,12-13H,4H2,1-3H3. The maximum atomic E-state index is 11.4. The number of hydrogen-bond donors (Lipinski definition) is 1.